The molecule has 1 aliphatic rings. The number of thioether (sulfide) groups is 1. The van der Waals surface area contributed by atoms with E-state index in [1.807, 2.05) is 30.0 Å². The third-order valence-corrected chi connectivity index (χ3v) is 4.46. The van der Waals surface area contributed by atoms with Crippen LogP contribution in [0.1, 0.15) is 25.0 Å². The highest BCUT2D eigenvalue weighted by molar-refractivity contribution is 7.99. The van der Waals surface area contributed by atoms with Crippen molar-refractivity contribution in [3.8, 4) is 5.88 Å². The minimum atomic E-state index is 0.637. The van der Waals surface area contributed by atoms with Crippen molar-refractivity contribution in [1.29, 1.82) is 0 Å². The summed E-state index contributed by atoms with van der Waals surface area (Å²) in [7, 11) is 1.65. The molecule has 0 bridgehead atoms. The molecule has 2 rings (SSSR count). The Hall–Kier alpha value is -0.740. The van der Waals surface area contributed by atoms with E-state index in [1.54, 1.807) is 7.11 Å². The van der Waals surface area contributed by atoms with E-state index in [9.17, 15) is 0 Å². The molecule has 1 heterocycles. The van der Waals surface area contributed by atoms with Crippen molar-refractivity contribution in [2.24, 2.45) is 0 Å². The Labute approximate surface area is 107 Å². The lowest BCUT2D eigenvalue weighted by Crippen LogP contribution is -2.33. The van der Waals surface area contributed by atoms with Crippen LogP contribution in [-0.4, -0.2) is 29.6 Å². The number of ether oxygens (including phenoxy) is 1. The predicted molar refractivity (Wildman–Crippen MR) is 72.6 cm³/mol. The summed E-state index contributed by atoms with van der Waals surface area (Å²) in [6.07, 6.45) is 6.17. The Morgan fingerprint density at radius 1 is 1.47 bits per heavy atom. The van der Waals surface area contributed by atoms with Gasteiger partial charge in [0.15, 0.2) is 0 Å². The maximum atomic E-state index is 5.13. The van der Waals surface area contributed by atoms with Gasteiger partial charge >= 0.3 is 0 Å². The lowest BCUT2D eigenvalue weighted by molar-refractivity contribution is 0.395. The number of methoxy groups -OCH3 is 1. The molecule has 0 aliphatic heterocycles. The normalized spacial score (nSPS) is 23.9. The van der Waals surface area contributed by atoms with Gasteiger partial charge in [-0.25, -0.2) is 4.98 Å². The Bertz CT molecular complexity index is 359. The molecule has 0 spiro atoms. The molecule has 1 fully saturated rings. The first-order valence-electron chi connectivity index (χ1n) is 6.09. The standard InChI is InChI=1S/C13H20N2OS/c1-16-13-8-3-5-10(15-13)9-14-11-6-4-7-12(11)17-2/h3,5,8,11-12,14H,4,6-7,9H2,1-2H3. The average Bonchev–Trinajstić information content (AvgIpc) is 2.84. The molecule has 1 saturated carbocycles. The molecule has 4 heteroatoms. The van der Waals surface area contributed by atoms with E-state index >= 15 is 0 Å². The fourth-order valence-electron chi connectivity index (χ4n) is 2.35. The first-order chi connectivity index (χ1) is 8.33. The van der Waals surface area contributed by atoms with E-state index in [-0.39, 0.29) is 0 Å². The van der Waals surface area contributed by atoms with Crippen molar-refractivity contribution in [1.82, 2.24) is 10.3 Å². The van der Waals surface area contributed by atoms with Gasteiger partial charge < -0.3 is 10.1 Å². The van der Waals surface area contributed by atoms with Gasteiger partial charge in [0, 0.05) is 23.9 Å². The SMILES string of the molecule is COc1cccc(CNC2CCCC2SC)n1. The third-order valence-electron chi connectivity index (χ3n) is 3.29. The molecular weight excluding hydrogens is 232 g/mol. The van der Waals surface area contributed by atoms with Crippen LogP contribution in [0.2, 0.25) is 0 Å². The first kappa shape index (κ1) is 12.7. The lowest BCUT2D eigenvalue weighted by atomic mass is 10.2. The van der Waals surface area contributed by atoms with E-state index in [1.165, 1.54) is 19.3 Å². The zero-order valence-corrected chi connectivity index (χ0v) is 11.3. The second-order valence-corrected chi connectivity index (χ2v) is 5.44. The second kappa shape index (κ2) is 6.26. The van der Waals surface area contributed by atoms with Crippen LogP contribution in [0.3, 0.4) is 0 Å². The molecule has 94 valence electrons. The topological polar surface area (TPSA) is 34.1 Å². The van der Waals surface area contributed by atoms with E-state index < -0.39 is 0 Å². The van der Waals surface area contributed by atoms with Crippen LogP contribution < -0.4 is 10.1 Å². The second-order valence-electron chi connectivity index (χ2n) is 4.36. The monoisotopic (exact) mass is 252 g/mol. The molecule has 1 aliphatic carbocycles. The number of hydrogen-bond donors (Lipinski definition) is 1. The van der Waals surface area contributed by atoms with Crippen LogP contribution in [0.5, 0.6) is 5.88 Å². The summed E-state index contributed by atoms with van der Waals surface area (Å²) in [5, 5.41) is 4.38. The van der Waals surface area contributed by atoms with E-state index in [0.717, 1.165) is 17.5 Å². The Morgan fingerprint density at radius 2 is 2.35 bits per heavy atom. The molecular formula is C13H20N2OS. The van der Waals surface area contributed by atoms with Crippen molar-refractivity contribution in [3.05, 3.63) is 23.9 Å². The molecule has 1 N–H and O–H groups in total. The molecule has 2 unspecified atom stereocenters. The summed E-state index contributed by atoms with van der Waals surface area (Å²) in [5.41, 5.74) is 1.05. The fraction of sp³-hybridized carbons (Fsp3) is 0.615. The number of aromatic nitrogens is 1. The highest BCUT2D eigenvalue weighted by atomic mass is 32.2. The highest BCUT2D eigenvalue weighted by Gasteiger charge is 2.25. The summed E-state index contributed by atoms with van der Waals surface area (Å²) >= 11 is 1.98. The van der Waals surface area contributed by atoms with Crippen molar-refractivity contribution < 1.29 is 4.74 Å². The number of hydrogen-bond acceptors (Lipinski definition) is 4. The summed E-state index contributed by atoms with van der Waals surface area (Å²) in [6.45, 7) is 0.832. The number of nitrogens with one attached hydrogen (secondary N) is 1. The predicted octanol–water partition coefficient (Wildman–Crippen LogP) is 2.46. The smallest absolute Gasteiger partial charge is 0.213 e. The third kappa shape index (κ3) is 3.36. The quantitative estimate of drug-likeness (QED) is 0.873. The van der Waals surface area contributed by atoms with Gasteiger partial charge in [-0.15, -0.1) is 0 Å². The molecule has 1 aromatic rings. The van der Waals surface area contributed by atoms with Crippen LogP contribution in [0.25, 0.3) is 0 Å². The largest absolute Gasteiger partial charge is 0.481 e. The molecule has 2 atom stereocenters. The molecule has 0 radical (unpaired) electrons. The summed E-state index contributed by atoms with van der Waals surface area (Å²) in [6, 6.07) is 6.55. The van der Waals surface area contributed by atoms with Gasteiger partial charge in [-0.3, -0.25) is 0 Å². The van der Waals surface area contributed by atoms with Crippen LogP contribution in [0.4, 0.5) is 0 Å². The highest BCUT2D eigenvalue weighted by Crippen LogP contribution is 2.28. The van der Waals surface area contributed by atoms with Crippen LogP contribution >= 0.6 is 11.8 Å². The van der Waals surface area contributed by atoms with Crippen LogP contribution in [0.15, 0.2) is 18.2 Å². The zero-order valence-electron chi connectivity index (χ0n) is 10.5. The number of nitrogens with zero attached hydrogens (tertiary/aromatic N) is 1. The minimum Gasteiger partial charge on any atom is -0.481 e. The van der Waals surface area contributed by atoms with E-state index in [4.69, 9.17) is 4.74 Å². The Kier molecular flexibility index (Phi) is 4.68. The van der Waals surface area contributed by atoms with Crippen molar-refractivity contribution in [2.75, 3.05) is 13.4 Å². The maximum Gasteiger partial charge on any atom is 0.213 e. The molecule has 3 nitrogen and oxygen atoms in total. The van der Waals surface area contributed by atoms with Gasteiger partial charge in [0.25, 0.3) is 0 Å². The molecule has 0 saturated heterocycles. The average molecular weight is 252 g/mol. The Morgan fingerprint density at radius 3 is 3.12 bits per heavy atom. The summed E-state index contributed by atoms with van der Waals surface area (Å²) in [5.74, 6) is 0.692. The van der Waals surface area contributed by atoms with Gasteiger partial charge in [-0.2, -0.15) is 11.8 Å². The lowest BCUT2D eigenvalue weighted by Gasteiger charge is -2.18. The van der Waals surface area contributed by atoms with Crippen LogP contribution in [-0.2, 0) is 6.54 Å². The minimum absolute atomic E-state index is 0.637. The van der Waals surface area contributed by atoms with E-state index in [0.29, 0.717) is 11.9 Å². The van der Waals surface area contributed by atoms with Gasteiger partial charge in [-0.1, -0.05) is 12.5 Å². The summed E-state index contributed by atoms with van der Waals surface area (Å²) in [4.78, 5) is 4.41. The molecule has 0 amide bonds. The van der Waals surface area contributed by atoms with Crippen LogP contribution in [0, 0.1) is 0 Å². The number of rotatable bonds is 5. The van der Waals surface area contributed by atoms with Gasteiger partial charge in [0.05, 0.1) is 12.8 Å². The van der Waals surface area contributed by atoms with Crippen molar-refractivity contribution >= 4 is 11.8 Å². The van der Waals surface area contributed by atoms with Crippen molar-refractivity contribution in [2.45, 2.75) is 37.1 Å². The number of pyridine rings is 1. The van der Waals surface area contributed by atoms with Gasteiger partial charge in [0.2, 0.25) is 5.88 Å². The fourth-order valence-corrected chi connectivity index (χ4v) is 3.31. The maximum absolute atomic E-state index is 5.13. The van der Waals surface area contributed by atoms with Gasteiger partial charge in [0.1, 0.15) is 0 Å². The van der Waals surface area contributed by atoms with E-state index in [2.05, 4.69) is 16.6 Å². The van der Waals surface area contributed by atoms with Gasteiger partial charge in [-0.05, 0) is 25.2 Å². The molecule has 0 aromatic carbocycles. The summed E-state index contributed by atoms with van der Waals surface area (Å²) < 4.78 is 5.13. The molecule has 17 heavy (non-hydrogen) atoms. The zero-order chi connectivity index (χ0) is 12.1. The molecule has 1 aromatic heterocycles. The van der Waals surface area contributed by atoms with Crippen molar-refractivity contribution in [3.63, 3.8) is 0 Å². The first-order valence-corrected chi connectivity index (χ1v) is 7.38. The Balaban J connectivity index is 1.88.